The predicted octanol–water partition coefficient (Wildman–Crippen LogP) is 2.79. The average molecular weight is 406 g/mol. The summed E-state index contributed by atoms with van der Waals surface area (Å²) in [5.74, 6) is -1.09. The predicted molar refractivity (Wildman–Crippen MR) is 88.8 cm³/mol. The van der Waals surface area contributed by atoms with Crippen LogP contribution in [0.3, 0.4) is 0 Å². The van der Waals surface area contributed by atoms with Crippen LogP contribution >= 0.6 is 23.1 Å². The van der Waals surface area contributed by atoms with E-state index in [1.807, 2.05) is 0 Å². The molecule has 12 heteroatoms. The summed E-state index contributed by atoms with van der Waals surface area (Å²) in [6.45, 7) is 1.96. The molecule has 0 bridgehead atoms. The second-order valence-electron chi connectivity index (χ2n) is 4.68. The molecule has 0 saturated carbocycles. The molecule has 0 spiro atoms. The number of thiazole rings is 1. The van der Waals surface area contributed by atoms with E-state index in [0.29, 0.717) is 5.69 Å². The van der Waals surface area contributed by atoms with Gasteiger partial charge in [0.25, 0.3) is 0 Å². The molecule has 0 aliphatic carbocycles. The Bertz CT molecular complexity index is 783. The number of nitrogens with zero attached hydrogens (tertiary/aromatic N) is 3. The van der Waals surface area contributed by atoms with Crippen molar-refractivity contribution in [2.75, 3.05) is 17.7 Å². The van der Waals surface area contributed by atoms with Gasteiger partial charge in [0.1, 0.15) is 5.69 Å². The molecular weight excluding hydrogens is 393 g/mol. The highest BCUT2D eigenvalue weighted by Crippen LogP contribution is 2.28. The van der Waals surface area contributed by atoms with Crippen LogP contribution in [0.5, 0.6) is 0 Å². The highest BCUT2D eigenvalue weighted by molar-refractivity contribution is 7.99. The summed E-state index contributed by atoms with van der Waals surface area (Å²) in [4.78, 5) is 34.3. The van der Waals surface area contributed by atoms with E-state index in [2.05, 4.69) is 20.3 Å². The van der Waals surface area contributed by atoms with Crippen LogP contribution in [0.15, 0.2) is 22.8 Å². The average Bonchev–Trinajstić information content (AvgIpc) is 2.99. The lowest BCUT2D eigenvalue weighted by molar-refractivity contribution is -0.142. The van der Waals surface area contributed by atoms with Crippen molar-refractivity contribution >= 4 is 40.1 Å². The molecule has 1 amide bonds. The van der Waals surface area contributed by atoms with Gasteiger partial charge in [-0.2, -0.15) is 13.2 Å². The quantitative estimate of drug-likeness (QED) is 0.429. The monoisotopic (exact) mass is 406 g/mol. The summed E-state index contributed by atoms with van der Waals surface area (Å²) in [5.41, 5.74) is -0.614. The number of carbonyl (C=O) groups is 2. The summed E-state index contributed by atoms with van der Waals surface area (Å²) in [7, 11) is 0. The highest BCUT2D eigenvalue weighted by Gasteiger charge is 2.32. The van der Waals surface area contributed by atoms with Gasteiger partial charge in [0.2, 0.25) is 5.91 Å². The Morgan fingerprint density at radius 1 is 1.35 bits per heavy atom. The van der Waals surface area contributed by atoms with Crippen LogP contribution in [0, 0.1) is 0 Å². The Kier molecular flexibility index (Phi) is 6.91. The number of hydrogen-bond acceptors (Lipinski definition) is 8. The lowest BCUT2D eigenvalue weighted by atomic mass is 10.3. The summed E-state index contributed by atoms with van der Waals surface area (Å²) >= 11 is 1.90. The zero-order valence-corrected chi connectivity index (χ0v) is 15.0. The third-order valence-electron chi connectivity index (χ3n) is 2.69. The number of anilines is 1. The second kappa shape index (κ2) is 8.94. The lowest BCUT2D eigenvalue weighted by Gasteiger charge is -2.06. The van der Waals surface area contributed by atoms with Crippen molar-refractivity contribution in [2.45, 2.75) is 24.7 Å². The molecule has 0 aliphatic heterocycles. The van der Waals surface area contributed by atoms with E-state index in [1.165, 1.54) is 0 Å². The zero-order valence-electron chi connectivity index (χ0n) is 13.4. The number of ether oxygens (including phenoxy) is 1. The first kappa shape index (κ1) is 20.1. The van der Waals surface area contributed by atoms with E-state index in [1.54, 1.807) is 12.3 Å². The third kappa shape index (κ3) is 6.26. The van der Waals surface area contributed by atoms with Gasteiger partial charge in [-0.05, 0) is 13.0 Å². The first-order valence-electron chi connectivity index (χ1n) is 7.21. The van der Waals surface area contributed by atoms with Gasteiger partial charge in [0.15, 0.2) is 10.3 Å². The number of aromatic nitrogens is 3. The van der Waals surface area contributed by atoms with Crippen LogP contribution in [0.1, 0.15) is 18.3 Å². The number of halogens is 3. The molecule has 0 saturated heterocycles. The summed E-state index contributed by atoms with van der Waals surface area (Å²) in [6, 6.07) is 0.755. The summed E-state index contributed by atoms with van der Waals surface area (Å²) in [6.07, 6.45) is -3.59. The molecule has 0 atom stereocenters. The molecule has 2 aromatic rings. The van der Waals surface area contributed by atoms with Crippen LogP contribution in [-0.2, 0) is 26.9 Å². The number of thioether (sulfide) groups is 1. The van der Waals surface area contributed by atoms with Gasteiger partial charge < -0.3 is 10.1 Å². The number of esters is 1. The molecule has 2 aromatic heterocycles. The smallest absolute Gasteiger partial charge is 0.433 e. The minimum absolute atomic E-state index is 0.00691. The van der Waals surface area contributed by atoms with Gasteiger partial charge >= 0.3 is 12.1 Å². The number of nitrogens with one attached hydrogen (secondary N) is 1. The number of rotatable bonds is 7. The summed E-state index contributed by atoms with van der Waals surface area (Å²) in [5, 5.41) is 4.23. The highest BCUT2D eigenvalue weighted by atomic mass is 32.2. The SMILES string of the molecule is CCOC(=O)Cc1csc(NC(=O)CSc2nccc(C(F)(F)F)n2)n1. The minimum atomic E-state index is -4.57. The van der Waals surface area contributed by atoms with E-state index in [0.717, 1.165) is 35.4 Å². The molecule has 140 valence electrons. The maximum absolute atomic E-state index is 12.6. The Balaban J connectivity index is 1.86. The maximum atomic E-state index is 12.6. The molecule has 2 heterocycles. The molecule has 0 fully saturated rings. The van der Waals surface area contributed by atoms with E-state index in [-0.39, 0.29) is 29.1 Å². The molecule has 1 N–H and O–H groups in total. The van der Waals surface area contributed by atoms with E-state index < -0.39 is 23.7 Å². The fourth-order valence-electron chi connectivity index (χ4n) is 1.66. The maximum Gasteiger partial charge on any atom is 0.433 e. The van der Waals surface area contributed by atoms with Crippen LogP contribution in [0.2, 0.25) is 0 Å². The van der Waals surface area contributed by atoms with Crippen molar-refractivity contribution in [1.82, 2.24) is 15.0 Å². The van der Waals surface area contributed by atoms with Crippen LogP contribution in [0.4, 0.5) is 18.3 Å². The number of amides is 1. The van der Waals surface area contributed by atoms with E-state index in [4.69, 9.17) is 4.74 Å². The molecule has 0 aromatic carbocycles. The Morgan fingerprint density at radius 3 is 2.81 bits per heavy atom. The topological polar surface area (TPSA) is 94.1 Å². The Morgan fingerprint density at radius 2 is 2.12 bits per heavy atom. The number of alkyl halides is 3. The first-order chi connectivity index (χ1) is 12.3. The van der Waals surface area contributed by atoms with Crippen molar-refractivity contribution < 1.29 is 27.5 Å². The van der Waals surface area contributed by atoms with Crippen molar-refractivity contribution in [2.24, 2.45) is 0 Å². The lowest BCUT2D eigenvalue weighted by Crippen LogP contribution is -2.15. The summed E-state index contributed by atoms with van der Waals surface area (Å²) < 4.78 is 42.5. The van der Waals surface area contributed by atoms with Gasteiger partial charge in [0.05, 0.1) is 24.5 Å². The zero-order chi connectivity index (χ0) is 19.2. The Labute approximate surface area is 154 Å². The van der Waals surface area contributed by atoms with Crippen molar-refractivity contribution in [3.63, 3.8) is 0 Å². The van der Waals surface area contributed by atoms with Crippen LogP contribution < -0.4 is 5.32 Å². The fraction of sp³-hybridized carbons (Fsp3) is 0.357. The standard InChI is InChI=1S/C14H13F3N4O3S2/c1-2-24-11(23)5-8-6-25-13(19-8)21-10(22)7-26-12-18-4-3-9(20-12)14(15,16)17/h3-4,6H,2,5,7H2,1H3,(H,19,21,22). The Hall–Kier alpha value is -2.21. The van der Waals surface area contributed by atoms with E-state index in [9.17, 15) is 22.8 Å². The van der Waals surface area contributed by atoms with Crippen molar-refractivity contribution in [1.29, 1.82) is 0 Å². The van der Waals surface area contributed by atoms with E-state index >= 15 is 0 Å². The van der Waals surface area contributed by atoms with Gasteiger partial charge in [0, 0.05) is 11.6 Å². The van der Waals surface area contributed by atoms with Crippen LogP contribution in [-0.4, -0.2) is 39.2 Å². The molecule has 2 rings (SSSR count). The molecule has 26 heavy (non-hydrogen) atoms. The van der Waals surface area contributed by atoms with Gasteiger partial charge in [-0.25, -0.2) is 15.0 Å². The first-order valence-corrected chi connectivity index (χ1v) is 9.07. The minimum Gasteiger partial charge on any atom is -0.466 e. The molecule has 0 unspecified atom stereocenters. The molecule has 7 nitrogen and oxygen atoms in total. The largest absolute Gasteiger partial charge is 0.466 e. The second-order valence-corrected chi connectivity index (χ2v) is 6.49. The van der Waals surface area contributed by atoms with Gasteiger partial charge in [-0.15, -0.1) is 11.3 Å². The fourth-order valence-corrected chi connectivity index (χ4v) is 3.02. The van der Waals surface area contributed by atoms with Crippen molar-refractivity contribution in [3.05, 3.63) is 29.0 Å². The van der Waals surface area contributed by atoms with Crippen LogP contribution in [0.25, 0.3) is 0 Å². The molecule has 0 radical (unpaired) electrons. The molecular formula is C14H13F3N4O3S2. The normalized spacial score (nSPS) is 11.2. The van der Waals surface area contributed by atoms with Gasteiger partial charge in [-0.3, -0.25) is 9.59 Å². The van der Waals surface area contributed by atoms with Crippen molar-refractivity contribution in [3.8, 4) is 0 Å². The molecule has 0 aliphatic rings. The van der Waals surface area contributed by atoms with Gasteiger partial charge in [-0.1, -0.05) is 11.8 Å². The third-order valence-corrected chi connectivity index (χ3v) is 4.35. The number of carbonyl (C=O) groups excluding carboxylic acids is 2. The number of hydrogen-bond donors (Lipinski definition) is 1.